The number of aromatic nitrogens is 2. The summed E-state index contributed by atoms with van der Waals surface area (Å²) in [5.41, 5.74) is 0.823. The van der Waals surface area contributed by atoms with Crippen LogP contribution in [-0.4, -0.2) is 20.7 Å². The molecule has 1 heterocycles. The first-order chi connectivity index (χ1) is 8.36. The average Bonchev–Trinajstić information content (AvgIpc) is 2.70. The monoisotopic (exact) mass is 252 g/mol. The second-order valence-corrected chi connectivity index (χ2v) is 5.65. The molecule has 0 amide bonds. The Morgan fingerprint density at radius 3 is 2.67 bits per heavy atom. The molecule has 0 radical (unpaired) electrons. The van der Waals surface area contributed by atoms with E-state index < -0.39 is 0 Å². The van der Waals surface area contributed by atoms with Crippen LogP contribution >= 0.6 is 0 Å². The SMILES string of the molecule is CCCn1nc(C)c([N+](=O)[O-])c1NC1CC1(C)C. The first kappa shape index (κ1) is 12.9. The van der Waals surface area contributed by atoms with Crippen LogP contribution in [0.3, 0.4) is 0 Å². The molecule has 1 aliphatic rings. The minimum Gasteiger partial charge on any atom is -0.361 e. The quantitative estimate of drug-likeness (QED) is 0.646. The molecule has 0 saturated heterocycles. The van der Waals surface area contributed by atoms with E-state index >= 15 is 0 Å². The minimum atomic E-state index is -0.341. The van der Waals surface area contributed by atoms with E-state index in [2.05, 4.69) is 24.3 Å². The molecule has 2 rings (SSSR count). The molecule has 6 nitrogen and oxygen atoms in total. The fourth-order valence-electron chi connectivity index (χ4n) is 2.19. The molecule has 1 N–H and O–H groups in total. The second kappa shape index (κ2) is 4.26. The molecule has 0 aliphatic heterocycles. The minimum absolute atomic E-state index is 0.117. The maximum Gasteiger partial charge on any atom is 0.333 e. The van der Waals surface area contributed by atoms with E-state index in [4.69, 9.17) is 0 Å². The first-order valence-corrected chi connectivity index (χ1v) is 6.35. The van der Waals surface area contributed by atoms with E-state index in [1.807, 2.05) is 6.92 Å². The van der Waals surface area contributed by atoms with Gasteiger partial charge in [-0.1, -0.05) is 20.8 Å². The second-order valence-electron chi connectivity index (χ2n) is 5.65. The fraction of sp³-hybridized carbons (Fsp3) is 0.750. The lowest BCUT2D eigenvalue weighted by Gasteiger charge is -2.09. The van der Waals surface area contributed by atoms with Crippen molar-refractivity contribution in [2.45, 2.75) is 53.1 Å². The molecular formula is C12H20N4O2. The van der Waals surface area contributed by atoms with Gasteiger partial charge in [0.15, 0.2) is 0 Å². The molecule has 0 spiro atoms. The smallest absolute Gasteiger partial charge is 0.333 e. The summed E-state index contributed by atoms with van der Waals surface area (Å²) >= 11 is 0. The zero-order chi connectivity index (χ0) is 13.5. The van der Waals surface area contributed by atoms with Gasteiger partial charge >= 0.3 is 5.69 Å². The third kappa shape index (κ3) is 2.19. The maximum absolute atomic E-state index is 11.1. The van der Waals surface area contributed by atoms with Gasteiger partial charge in [0.2, 0.25) is 5.82 Å². The van der Waals surface area contributed by atoms with Gasteiger partial charge in [-0.3, -0.25) is 10.1 Å². The third-order valence-electron chi connectivity index (χ3n) is 3.54. The van der Waals surface area contributed by atoms with Gasteiger partial charge < -0.3 is 5.32 Å². The zero-order valence-electron chi connectivity index (χ0n) is 11.4. The average molecular weight is 252 g/mol. The normalized spacial score (nSPS) is 20.8. The largest absolute Gasteiger partial charge is 0.361 e. The highest BCUT2D eigenvalue weighted by atomic mass is 16.6. The Kier molecular flexibility index (Phi) is 3.04. The molecule has 18 heavy (non-hydrogen) atoms. The Bertz CT molecular complexity index is 479. The molecule has 0 aromatic carbocycles. The van der Waals surface area contributed by atoms with Gasteiger partial charge in [0.25, 0.3) is 0 Å². The summed E-state index contributed by atoms with van der Waals surface area (Å²) in [6, 6.07) is 0.308. The van der Waals surface area contributed by atoms with Crippen LogP contribution in [0.4, 0.5) is 11.5 Å². The van der Waals surface area contributed by atoms with Crippen LogP contribution in [-0.2, 0) is 6.54 Å². The predicted molar refractivity (Wildman–Crippen MR) is 69.7 cm³/mol. The summed E-state index contributed by atoms with van der Waals surface area (Å²) < 4.78 is 1.72. The molecule has 1 aliphatic carbocycles. The van der Waals surface area contributed by atoms with Gasteiger partial charge in [-0.25, -0.2) is 4.68 Å². The van der Waals surface area contributed by atoms with Crippen molar-refractivity contribution < 1.29 is 4.92 Å². The lowest BCUT2D eigenvalue weighted by molar-refractivity contribution is -0.384. The van der Waals surface area contributed by atoms with Crippen molar-refractivity contribution in [3.63, 3.8) is 0 Å². The highest BCUT2D eigenvalue weighted by Crippen LogP contribution is 2.47. The van der Waals surface area contributed by atoms with Crippen molar-refractivity contribution in [3.8, 4) is 0 Å². The number of nitro groups is 1. The number of nitrogens with zero attached hydrogens (tertiary/aromatic N) is 3. The Labute approximate surface area is 107 Å². The Morgan fingerprint density at radius 2 is 2.22 bits per heavy atom. The van der Waals surface area contributed by atoms with Crippen LogP contribution in [0.2, 0.25) is 0 Å². The molecule has 1 unspecified atom stereocenters. The molecule has 1 fully saturated rings. The summed E-state index contributed by atoms with van der Waals surface area (Å²) in [5, 5.41) is 18.7. The van der Waals surface area contributed by atoms with Crippen LogP contribution in [0.15, 0.2) is 0 Å². The summed E-state index contributed by atoms with van der Waals surface area (Å²) in [6.45, 7) is 8.74. The van der Waals surface area contributed by atoms with Gasteiger partial charge in [-0.15, -0.1) is 0 Å². The third-order valence-corrected chi connectivity index (χ3v) is 3.54. The summed E-state index contributed by atoms with van der Waals surface area (Å²) in [6.07, 6.45) is 1.95. The lowest BCUT2D eigenvalue weighted by atomic mass is 10.2. The Morgan fingerprint density at radius 1 is 1.61 bits per heavy atom. The van der Waals surface area contributed by atoms with Gasteiger partial charge in [0, 0.05) is 12.6 Å². The summed E-state index contributed by atoms with van der Waals surface area (Å²) in [4.78, 5) is 10.8. The van der Waals surface area contributed by atoms with E-state index in [0.717, 1.165) is 12.8 Å². The number of aryl methyl sites for hydroxylation is 2. The zero-order valence-corrected chi connectivity index (χ0v) is 11.4. The molecule has 1 aromatic heterocycles. The van der Waals surface area contributed by atoms with E-state index in [1.54, 1.807) is 11.6 Å². The topological polar surface area (TPSA) is 73.0 Å². The van der Waals surface area contributed by atoms with Gasteiger partial charge in [-0.05, 0) is 25.2 Å². The number of rotatable bonds is 5. The van der Waals surface area contributed by atoms with Crippen molar-refractivity contribution in [2.24, 2.45) is 5.41 Å². The fourth-order valence-corrected chi connectivity index (χ4v) is 2.19. The van der Waals surface area contributed by atoms with E-state index in [0.29, 0.717) is 24.1 Å². The van der Waals surface area contributed by atoms with Gasteiger partial charge in [0.05, 0.1) is 4.92 Å². The Balaban J connectivity index is 2.32. The summed E-state index contributed by atoms with van der Waals surface area (Å²) in [7, 11) is 0. The molecule has 0 bridgehead atoms. The van der Waals surface area contributed by atoms with E-state index in [9.17, 15) is 10.1 Å². The predicted octanol–water partition coefficient (Wildman–Crippen LogP) is 2.72. The van der Waals surface area contributed by atoms with Crippen molar-refractivity contribution in [1.29, 1.82) is 0 Å². The van der Waals surface area contributed by atoms with E-state index in [1.165, 1.54) is 0 Å². The molecule has 6 heteroatoms. The molecular weight excluding hydrogens is 232 g/mol. The molecule has 1 atom stereocenters. The van der Waals surface area contributed by atoms with Crippen LogP contribution in [0.5, 0.6) is 0 Å². The lowest BCUT2D eigenvalue weighted by Crippen LogP contribution is -2.14. The van der Waals surface area contributed by atoms with Crippen molar-refractivity contribution in [3.05, 3.63) is 15.8 Å². The van der Waals surface area contributed by atoms with Crippen LogP contribution in [0, 0.1) is 22.5 Å². The molecule has 100 valence electrons. The van der Waals surface area contributed by atoms with Crippen LogP contribution in [0.1, 0.15) is 39.3 Å². The van der Waals surface area contributed by atoms with Crippen LogP contribution < -0.4 is 5.32 Å². The summed E-state index contributed by atoms with van der Waals surface area (Å²) in [5.74, 6) is 0.565. The standard InChI is InChI=1S/C12H20N4O2/c1-5-6-15-11(13-9-7-12(9,3)4)10(16(17)18)8(2)14-15/h9,13H,5-7H2,1-4H3. The number of anilines is 1. The first-order valence-electron chi connectivity index (χ1n) is 6.35. The number of hydrogen-bond donors (Lipinski definition) is 1. The van der Waals surface area contributed by atoms with Crippen molar-refractivity contribution >= 4 is 11.5 Å². The van der Waals surface area contributed by atoms with Crippen LogP contribution in [0.25, 0.3) is 0 Å². The van der Waals surface area contributed by atoms with E-state index in [-0.39, 0.29) is 16.0 Å². The number of nitrogens with one attached hydrogen (secondary N) is 1. The highest BCUT2D eigenvalue weighted by Gasteiger charge is 2.47. The maximum atomic E-state index is 11.1. The van der Waals surface area contributed by atoms with Gasteiger partial charge in [0.1, 0.15) is 5.69 Å². The van der Waals surface area contributed by atoms with Gasteiger partial charge in [-0.2, -0.15) is 5.10 Å². The molecule has 1 saturated carbocycles. The molecule has 1 aromatic rings. The number of hydrogen-bond acceptors (Lipinski definition) is 4. The Hall–Kier alpha value is -1.59. The van der Waals surface area contributed by atoms with Crippen molar-refractivity contribution in [1.82, 2.24) is 9.78 Å². The highest BCUT2D eigenvalue weighted by molar-refractivity contribution is 5.61. The van der Waals surface area contributed by atoms with Crippen molar-refractivity contribution in [2.75, 3.05) is 5.32 Å².